The molecule has 0 fully saturated rings. The zero-order chi connectivity index (χ0) is 15.7. The molecule has 120 valence electrons. The van der Waals surface area contributed by atoms with Crippen LogP contribution in [0, 0.1) is 0 Å². The lowest BCUT2D eigenvalue weighted by Gasteiger charge is -2.28. The summed E-state index contributed by atoms with van der Waals surface area (Å²) in [5.74, 6) is -1.36. The van der Waals surface area contributed by atoms with Gasteiger partial charge in [-0.1, -0.05) is 6.58 Å². The average molecular weight is 416 g/mol. The second kappa shape index (κ2) is 6.51. The van der Waals surface area contributed by atoms with Crippen molar-refractivity contribution < 1.29 is 54.5 Å². The first kappa shape index (κ1) is 21.8. The predicted octanol–water partition coefficient (Wildman–Crippen LogP) is -4.63. The third-order valence-electron chi connectivity index (χ3n) is 2.05. The number of nitrogens with zero attached hydrogens (tertiary/aromatic N) is 1. The Morgan fingerprint density at radius 3 is 1.50 bits per heavy atom. The van der Waals surface area contributed by atoms with Crippen LogP contribution in [0.5, 0.6) is 0 Å². The van der Waals surface area contributed by atoms with E-state index in [1.165, 1.54) is 0 Å². The van der Waals surface area contributed by atoms with Gasteiger partial charge in [-0.05, 0) is 2.70 Å². The third kappa shape index (κ3) is 4.00. The predicted molar refractivity (Wildman–Crippen MR) is 65.9 cm³/mol. The van der Waals surface area contributed by atoms with E-state index in [0.717, 1.165) is 0 Å². The minimum Gasteiger partial charge on any atom is -1.00 e. The number of carbonyl (C=O) groups is 1. The molecule has 0 aliphatic heterocycles. The van der Waals surface area contributed by atoms with Crippen LogP contribution in [0.4, 0.5) is 0 Å². The fraction of sp³-hybridized carbons (Fsp3) is 0.571. The van der Waals surface area contributed by atoms with Gasteiger partial charge in [-0.2, -0.15) is 25.3 Å². The van der Waals surface area contributed by atoms with E-state index in [4.69, 9.17) is 0 Å². The summed E-state index contributed by atoms with van der Waals surface area (Å²) in [6.07, 6.45) is 1.83. The van der Waals surface area contributed by atoms with Crippen molar-refractivity contribution in [3.05, 3.63) is 12.8 Å². The molecular formula is C7H14BrNO8S3. The molecule has 20 heavy (non-hydrogen) atoms. The first-order chi connectivity index (χ1) is 8.20. The van der Waals surface area contributed by atoms with Gasteiger partial charge < -0.3 is 21.7 Å². The Bertz CT molecular complexity index is 612. The number of esters is 1. The molecule has 0 aliphatic rings. The van der Waals surface area contributed by atoms with Gasteiger partial charge in [-0.3, -0.25) is 0 Å². The Morgan fingerprint density at radius 1 is 1.00 bits per heavy atom. The lowest BCUT2D eigenvalue weighted by Crippen LogP contribution is -3.00. The van der Waals surface area contributed by atoms with Gasteiger partial charge in [0.15, 0.2) is 0 Å². The fourth-order valence-corrected chi connectivity index (χ4v) is 8.30. The van der Waals surface area contributed by atoms with Gasteiger partial charge in [0.05, 0.1) is 25.0 Å². The standard InChI is InChI=1S/C7H14NO8S3.BrH/c1-5-16-7(9)6-8(17(2,10)11,18(3,12)13)19(4,14)15;/h5H,1,6H2,2-4H3;1H/q+1;/p-1. The minimum absolute atomic E-state index is 0. The summed E-state index contributed by atoms with van der Waals surface area (Å²) in [4.78, 5) is 11.3. The van der Waals surface area contributed by atoms with Crippen molar-refractivity contribution in [2.24, 2.45) is 0 Å². The summed E-state index contributed by atoms with van der Waals surface area (Å²) in [5.41, 5.74) is 0. The molecule has 0 heterocycles. The van der Waals surface area contributed by atoms with Crippen LogP contribution in [-0.2, 0) is 39.6 Å². The molecule has 0 spiro atoms. The van der Waals surface area contributed by atoms with Crippen LogP contribution in [0.15, 0.2) is 12.8 Å². The fourth-order valence-electron chi connectivity index (χ4n) is 1.38. The van der Waals surface area contributed by atoms with Gasteiger partial charge in [0.1, 0.15) is 0 Å². The maximum absolute atomic E-state index is 11.7. The summed E-state index contributed by atoms with van der Waals surface area (Å²) in [5, 5.41) is 0. The van der Waals surface area contributed by atoms with Gasteiger partial charge >= 0.3 is 36.0 Å². The normalized spacial score (nSPS) is 13.2. The number of carbonyl (C=O) groups excluding carboxylic acids is 1. The van der Waals surface area contributed by atoms with E-state index in [2.05, 4.69) is 11.3 Å². The largest absolute Gasteiger partial charge is 1.00 e. The highest BCUT2D eigenvalue weighted by Gasteiger charge is 2.59. The number of ether oxygens (including phenoxy) is 1. The van der Waals surface area contributed by atoms with Gasteiger partial charge in [-0.15, -0.1) is 0 Å². The molecule has 0 unspecified atom stereocenters. The molecule has 0 aromatic carbocycles. The topological polar surface area (TPSA) is 129 Å². The first-order valence-electron chi connectivity index (χ1n) is 4.49. The zero-order valence-corrected chi connectivity index (χ0v) is 14.8. The van der Waals surface area contributed by atoms with Crippen LogP contribution < -0.4 is 17.0 Å². The number of hydrogen-bond donors (Lipinski definition) is 0. The highest BCUT2D eigenvalue weighted by Crippen LogP contribution is 2.26. The summed E-state index contributed by atoms with van der Waals surface area (Å²) in [7, 11) is -14.2. The Balaban J connectivity index is 0. The Hall–Kier alpha value is -0.500. The van der Waals surface area contributed by atoms with E-state index in [-0.39, 0.29) is 17.0 Å². The van der Waals surface area contributed by atoms with E-state index >= 15 is 0 Å². The molecule has 9 nitrogen and oxygen atoms in total. The van der Waals surface area contributed by atoms with Crippen molar-refractivity contribution in [1.29, 1.82) is 0 Å². The van der Waals surface area contributed by atoms with E-state index in [1.807, 2.05) is 0 Å². The molecule has 0 amide bonds. The second-order valence-corrected chi connectivity index (χ2v) is 10.6. The zero-order valence-electron chi connectivity index (χ0n) is 10.8. The summed E-state index contributed by atoms with van der Waals surface area (Å²) < 4.78 is 71.8. The molecule has 0 saturated carbocycles. The van der Waals surface area contributed by atoms with Crippen LogP contribution in [0.2, 0.25) is 0 Å². The molecule has 0 aliphatic carbocycles. The number of quaternary nitrogens is 1. The number of hydrogen-bond acceptors (Lipinski definition) is 8. The summed E-state index contributed by atoms with van der Waals surface area (Å²) >= 11 is 0. The molecule has 0 radical (unpaired) electrons. The third-order valence-corrected chi connectivity index (χ3v) is 10.3. The lowest BCUT2D eigenvalue weighted by atomic mass is 10.7. The molecule has 0 aromatic rings. The van der Waals surface area contributed by atoms with Gasteiger partial charge in [0, 0.05) is 0 Å². The molecular weight excluding hydrogens is 402 g/mol. The smallest absolute Gasteiger partial charge is 0.370 e. The van der Waals surface area contributed by atoms with Crippen LogP contribution in [-0.4, -0.2) is 59.2 Å². The maximum atomic E-state index is 11.7. The van der Waals surface area contributed by atoms with Gasteiger partial charge in [0.2, 0.25) is 6.54 Å². The SMILES string of the molecule is C=COC(=O)C[N+](S(C)(=O)=O)(S(C)(=O)=O)S(C)(=O)=O.[Br-]. The molecule has 0 saturated heterocycles. The quantitative estimate of drug-likeness (QED) is 0.240. The Labute approximate surface area is 128 Å². The van der Waals surface area contributed by atoms with Crippen LogP contribution in [0.3, 0.4) is 0 Å². The molecule has 0 N–H and O–H groups in total. The van der Waals surface area contributed by atoms with Crippen molar-refractivity contribution in [3.63, 3.8) is 0 Å². The van der Waals surface area contributed by atoms with Crippen LogP contribution in [0.1, 0.15) is 0 Å². The van der Waals surface area contributed by atoms with Crippen molar-refractivity contribution in [3.8, 4) is 0 Å². The van der Waals surface area contributed by atoms with E-state index in [1.54, 1.807) is 0 Å². The number of sulfonamides is 3. The van der Waals surface area contributed by atoms with Gasteiger partial charge in [0.25, 0.3) is 0 Å². The second-order valence-electron chi connectivity index (χ2n) is 3.62. The average Bonchev–Trinajstić information content (AvgIpc) is 2.08. The van der Waals surface area contributed by atoms with Crippen LogP contribution in [0.25, 0.3) is 0 Å². The highest BCUT2D eigenvalue weighted by atomic mass is 79.9. The Morgan fingerprint density at radius 2 is 1.30 bits per heavy atom. The van der Waals surface area contributed by atoms with Crippen molar-refractivity contribution in [1.82, 2.24) is 0 Å². The highest BCUT2D eigenvalue weighted by molar-refractivity contribution is 8.09. The molecule has 13 heteroatoms. The molecule has 0 aromatic heterocycles. The van der Waals surface area contributed by atoms with Gasteiger partial charge in [-0.25, -0.2) is 4.79 Å². The van der Waals surface area contributed by atoms with Crippen molar-refractivity contribution in [2.45, 2.75) is 0 Å². The van der Waals surface area contributed by atoms with E-state index < -0.39 is 45.3 Å². The van der Waals surface area contributed by atoms with E-state index in [0.29, 0.717) is 25.0 Å². The molecule has 0 rings (SSSR count). The van der Waals surface area contributed by atoms with Crippen molar-refractivity contribution in [2.75, 3.05) is 25.3 Å². The minimum atomic E-state index is -4.73. The number of halogens is 1. The maximum Gasteiger partial charge on any atom is 0.370 e. The lowest BCUT2D eigenvalue weighted by molar-refractivity contribution is -0.513. The van der Waals surface area contributed by atoms with Crippen molar-refractivity contribution >= 4 is 36.0 Å². The Kier molecular flexibility index (Phi) is 7.09. The van der Waals surface area contributed by atoms with Crippen LogP contribution >= 0.6 is 0 Å². The molecule has 0 atom stereocenters. The number of rotatable bonds is 6. The summed E-state index contributed by atoms with van der Waals surface area (Å²) in [6, 6.07) is 0. The molecule has 0 bridgehead atoms. The van der Waals surface area contributed by atoms with E-state index in [9.17, 15) is 30.0 Å². The monoisotopic (exact) mass is 415 g/mol. The summed E-state index contributed by atoms with van der Waals surface area (Å²) in [6.45, 7) is 1.59. The first-order valence-corrected chi connectivity index (χ1v) is 10.0.